The van der Waals surface area contributed by atoms with Gasteiger partial charge in [0.15, 0.2) is 5.84 Å². The van der Waals surface area contributed by atoms with E-state index in [0.717, 1.165) is 21.9 Å². The molecule has 0 aliphatic carbocycles. The van der Waals surface area contributed by atoms with Crippen LogP contribution in [-0.2, 0) is 0 Å². The highest BCUT2D eigenvalue weighted by atomic mass is 35.5. The number of rotatable bonds is 2. The summed E-state index contributed by atoms with van der Waals surface area (Å²) in [5.74, 6) is 0.443. The first-order valence-corrected chi connectivity index (χ1v) is 7.20. The van der Waals surface area contributed by atoms with E-state index in [-0.39, 0.29) is 5.84 Å². The molecule has 108 valence electrons. The molecule has 3 nitrogen and oxygen atoms in total. The molecule has 0 fully saturated rings. The van der Waals surface area contributed by atoms with Gasteiger partial charge in [-0.1, -0.05) is 66.2 Å². The Morgan fingerprint density at radius 2 is 1.50 bits per heavy atom. The third kappa shape index (κ3) is 2.71. The number of nitrogens with zero attached hydrogens (tertiary/aromatic N) is 1. The molecular weight excluding hydrogens is 294 g/mol. The van der Waals surface area contributed by atoms with Crippen molar-refractivity contribution in [3.8, 4) is 0 Å². The fourth-order valence-corrected chi connectivity index (χ4v) is 2.55. The van der Waals surface area contributed by atoms with E-state index in [0.29, 0.717) is 10.9 Å². The molecule has 0 aliphatic heterocycles. The molecule has 0 spiro atoms. The lowest BCUT2D eigenvalue weighted by molar-refractivity contribution is 1.40. The van der Waals surface area contributed by atoms with E-state index in [1.54, 1.807) is 6.07 Å². The molecule has 22 heavy (non-hydrogen) atoms. The predicted octanol–water partition coefficient (Wildman–Crippen LogP) is 4.22. The van der Waals surface area contributed by atoms with Gasteiger partial charge >= 0.3 is 0 Å². The molecule has 0 unspecified atom stereocenters. The van der Waals surface area contributed by atoms with Gasteiger partial charge in [-0.15, -0.1) is 0 Å². The molecule has 0 aromatic heterocycles. The Balaban J connectivity index is 2.06. The minimum Gasteiger partial charge on any atom is -0.383 e. The van der Waals surface area contributed by atoms with Gasteiger partial charge in [0.05, 0.1) is 0 Å². The molecule has 0 bridgehead atoms. The maximum Gasteiger partial charge on any atom is 0.154 e. The summed E-state index contributed by atoms with van der Waals surface area (Å²) in [6.07, 6.45) is 0. The fourth-order valence-electron chi connectivity index (χ4n) is 2.33. The molecule has 3 N–H and O–H groups in total. The molecule has 0 saturated heterocycles. The highest BCUT2D eigenvalue weighted by Gasteiger charge is 2.08. The number of hydrogen-bond acceptors (Lipinski definition) is 1. The van der Waals surface area contributed by atoms with Crippen molar-refractivity contribution >= 4 is 34.0 Å². The van der Waals surface area contributed by atoms with E-state index < -0.39 is 0 Å². The highest BCUT2D eigenvalue weighted by molar-refractivity contribution is 6.36. The summed E-state index contributed by atoms with van der Waals surface area (Å²) in [5, 5.41) is 10.6. The van der Waals surface area contributed by atoms with Crippen LogP contribution in [0.2, 0.25) is 5.02 Å². The Morgan fingerprint density at radius 1 is 0.864 bits per heavy atom. The van der Waals surface area contributed by atoms with Crippen LogP contribution < -0.4 is 5.73 Å². The summed E-state index contributed by atoms with van der Waals surface area (Å²) >= 11 is 6.21. The van der Waals surface area contributed by atoms with Crippen LogP contribution in [-0.4, -0.2) is 11.7 Å². The number of benzene rings is 3. The van der Waals surface area contributed by atoms with Crippen molar-refractivity contribution in [1.29, 1.82) is 5.41 Å². The van der Waals surface area contributed by atoms with Crippen LogP contribution >= 0.6 is 11.6 Å². The van der Waals surface area contributed by atoms with Crippen LogP contribution in [0.3, 0.4) is 0 Å². The van der Waals surface area contributed by atoms with Crippen LogP contribution in [0.5, 0.6) is 0 Å². The Hall–Kier alpha value is -2.65. The van der Waals surface area contributed by atoms with Crippen LogP contribution in [0.25, 0.3) is 10.8 Å². The van der Waals surface area contributed by atoms with Crippen LogP contribution in [0.15, 0.2) is 71.7 Å². The molecule has 0 saturated carbocycles. The highest BCUT2D eigenvalue weighted by Crippen LogP contribution is 2.26. The van der Waals surface area contributed by atoms with Crippen molar-refractivity contribution in [2.45, 2.75) is 0 Å². The van der Waals surface area contributed by atoms with Crippen LogP contribution in [0.1, 0.15) is 11.1 Å². The van der Waals surface area contributed by atoms with Gasteiger partial charge < -0.3 is 5.73 Å². The largest absolute Gasteiger partial charge is 0.383 e. The molecule has 0 heterocycles. The lowest BCUT2D eigenvalue weighted by Gasteiger charge is -2.08. The second kappa shape index (κ2) is 6.00. The summed E-state index contributed by atoms with van der Waals surface area (Å²) < 4.78 is 0. The molecule has 0 aliphatic rings. The molecule has 0 radical (unpaired) electrons. The predicted molar refractivity (Wildman–Crippen MR) is 93.0 cm³/mol. The number of halogens is 1. The zero-order chi connectivity index (χ0) is 15.5. The lowest BCUT2D eigenvalue weighted by Crippen LogP contribution is -2.16. The standard InChI is InChI=1S/C18H14ClN3/c19-16-11-10-15(13-8-4-5-9-14(13)16)18(21)22-17(20)12-6-2-1-3-7-12/h1-11H,(H3,20,21,22). The Morgan fingerprint density at radius 3 is 2.23 bits per heavy atom. The van der Waals surface area contributed by atoms with Gasteiger partial charge in [-0.05, 0) is 17.5 Å². The zero-order valence-corrected chi connectivity index (χ0v) is 12.5. The summed E-state index contributed by atoms with van der Waals surface area (Å²) in [5.41, 5.74) is 7.62. The van der Waals surface area contributed by atoms with Crippen molar-refractivity contribution in [2.75, 3.05) is 0 Å². The fraction of sp³-hybridized carbons (Fsp3) is 0. The van der Waals surface area contributed by atoms with Crippen molar-refractivity contribution < 1.29 is 0 Å². The molecule has 0 atom stereocenters. The third-order valence-corrected chi connectivity index (χ3v) is 3.76. The minimum absolute atomic E-state index is 0.136. The molecular formula is C18H14ClN3. The normalized spacial score (nSPS) is 11.6. The van der Waals surface area contributed by atoms with Gasteiger partial charge in [0.1, 0.15) is 5.84 Å². The number of nitrogens with one attached hydrogen (secondary N) is 1. The molecule has 3 aromatic rings. The Labute approximate surface area is 133 Å². The van der Waals surface area contributed by atoms with Gasteiger partial charge in [0.2, 0.25) is 0 Å². The van der Waals surface area contributed by atoms with Crippen molar-refractivity contribution in [3.63, 3.8) is 0 Å². The van der Waals surface area contributed by atoms with E-state index in [9.17, 15) is 0 Å². The van der Waals surface area contributed by atoms with E-state index >= 15 is 0 Å². The maximum atomic E-state index is 8.07. The molecule has 3 aromatic carbocycles. The molecule has 4 heteroatoms. The van der Waals surface area contributed by atoms with Gasteiger partial charge in [-0.3, -0.25) is 5.41 Å². The van der Waals surface area contributed by atoms with Gasteiger partial charge in [-0.2, -0.15) is 0 Å². The van der Waals surface area contributed by atoms with E-state index in [1.165, 1.54) is 0 Å². The second-order valence-corrected chi connectivity index (χ2v) is 5.26. The summed E-state index contributed by atoms with van der Waals surface area (Å²) in [6.45, 7) is 0. The topological polar surface area (TPSA) is 62.2 Å². The Kier molecular flexibility index (Phi) is 3.90. The summed E-state index contributed by atoms with van der Waals surface area (Å²) in [7, 11) is 0. The van der Waals surface area contributed by atoms with Crippen molar-refractivity contribution in [3.05, 3.63) is 82.9 Å². The third-order valence-electron chi connectivity index (χ3n) is 3.43. The number of amidine groups is 2. The van der Waals surface area contributed by atoms with Crippen molar-refractivity contribution in [2.24, 2.45) is 10.7 Å². The average molecular weight is 308 g/mol. The van der Waals surface area contributed by atoms with Gasteiger partial charge in [0.25, 0.3) is 0 Å². The molecule has 0 amide bonds. The zero-order valence-electron chi connectivity index (χ0n) is 11.8. The molecule has 3 rings (SSSR count). The van der Waals surface area contributed by atoms with E-state index in [1.807, 2.05) is 60.7 Å². The SMILES string of the molecule is N=C(/N=C(\N)c1ccc(Cl)c2ccccc12)c1ccccc1. The average Bonchev–Trinajstić information content (AvgIpc) is 2.56. The van der Waals surface area contributed by atoms with Gasteiger partial charge in [-0.25, -0.2) is 4.99 Å². The second-order valence-electron chi connectivity index (χ2n) is 4.85. The van der Waals surface area contributed by atoms with E-state index in [4.69, 9.17) is 22.7 Å². The quantitative estimate of drug-likeness (QED) is 0.540. The number of nitrogens with two attached hydrogens (primary N) is 1. The smallest absolute Gasteiger partial charge is 0.154 e. The monoisotopic (exact) mass is 307 g/mol. The first-order valence-electron chi connectivity index (χ1n) is 6.82. The van der Waals surface area contributed by atoms with Crippen molar-refractivity contribution in [1.82, 2.24) is 0 Å². The van der Waals surface area contributed by atoms with Crippen LogP contribution in [0.4, 0.5) is 0 Å². The maximum absolute atomic E-state index is 8.07. The summed E-state index contributed by atoms with van der Waals surface area (Å²) in [4.78, 5) is 4.23. The lowest BCUT2D eigenvalue weighted by atomic mass is 10.0. The van der Waals surface area contributed by atoms with Crippen LogP contribution in [0, 0.1) is 5.41 Å². The number of fused-ring (bicyclic) bond motifs is 1. The Bertz CT molecular complexity index is 870. The summed E-state index contributed by atoms with van der Waals surface area (Å²) in [6, 6.07) is 20.7. The minimum atomic E-state index is 0.136. The van der Waals surface area contributed by atoms with Gasteiger partial charge in [0, 0.05) is 21.5 Å². The first-order chi connectivity index (χ1) is 10.7. The first kappa shape index (κ1) is 14.3. The number of hydrogen-bond donors (Lipinski definition) is 2. The number of aliphatic imine (C=N–C) groups is 1. The van der Waals surface area contributed by atoms with E-state index in [2.05, 4.69) is 4.99 Å².